The highest BCUT2D eigenvalue weighted by Gasteiger charge is 1.99. The van der Waals surface area contributed by atoms with Crippen molar-refractivity contribution in [2.45, 2.75) is 13.0 Å². The van der Waals surface area contributed by atoms with Crippen molar-refractivity contribution in [3.63, 3.8) is 0 Å². The van der Waals surface area contributed by atoms with Crippen molar-refractivity contribution in [3.8, 4) is 0 Å². The maximum atomic E-state index is 5.97. The Morgan fingerprint density at radius 1 is 1.19 bits per heavy atom. The van der Waals surface area contributed by atoms with Gasteiger partial charge in [0.15, 0.2) is 5.96 Å². The number of pyridine rings is 1. The van der Waals surface area contributed by atoms with Gasteiger partial charge in [-0.1, -0.05) is 29.8 Å². The number of halogens is 1. The lowest BCUT2D eigenvalue weighted by atomic mass is 10.2. The van der Waals surface area contributed by atoms with Gasteiger partial charge in [0, 0.05) is 37.6 Å². The van der Waals surface area contributed by atoms with Crippen molar-refractivity contribution in [1.82, 2.24) is 15.6 Å². The maximum absolute atomic E-state index is 5.97. The number of benzene rings is 1. The van der Waals surface area contributed by atoms with Gasteiger partial charge in [0.2, 0.25) is 0 Å². The molecule has 21 heavy (non-hydrogen) atoms. The first kappa shape index (κ1) is 15.3. The highest BCUT2D eigenvalue weighted by atomic mass is 35.5. The van der Waals surface area contributed by atoms with Crippen LogP contribution in [0, 0.1) is 0 Å². The smallest absolute Gasteiger partial charge is 0.191 e. The SMILES string of the molecule is CN=C(NCCc1cccnc1)NCc1cccc(Cl)c1. The van der Waals surface area contributed by atoms with Crippen molar-refractivity contribution >= 4 is 17.6 Å². The van der Waals surface area contributed by atoms with E-state index in [2.05, 4.69) is 26.7 Å². The Morgan fingerprint density at radius 3 is 2.76 bits per heavy atom. The van der Waals surface area contributed by atoms with Crippen molar-refractivity contribution in [1.29, 1.82) is 0 Å². The zero-order valence-corrected chi connectivity index (χ0v) is 12.8. The van der Waals surface area contributed by atoms with Crippen molar-refractivity contribution in [2.75, 3.05) is 13.6 Å². The molecule has 0 unspecified atom stereocenters. The summed E-state index contributed by atoms with van der Waals surface area (Å²) in [5.41, 5.74) is 2.33. The average molecular weight is 303 g/mol. The molecule has 0 fully saturated rings. The van der Waals surface area contributed by atoms with Crippen LogP contribution < -0.4 is 10.6 Å². The number of hydrogen-bond donors (Lipinski definition) is 2. The second-order valence-electron chi connectivity index (χ2n) is 4.59. The van der Waals surface area contributed by atoms with Gasteiger partial charge in [-0.15, -0.1) is 0 Å². The summed E-state index contributed by atoms with van der Waals surface area (Å²) in [6.07, 6.45) is 4.57. The molecule has 2 aromatic rings. The fourth-order valence-electron chi connectivity index (χ4n) is 1.92. The van der Waals surface area contributed by atoms with E-state index in [4.69, 9.17) is 11.6 Å². The minimum atomic E-state index is 0.688. The predicted octanol–water partition coefficient (Wildman–Crippen LogP) is 2.64. The standard InChI is InChI=1S/C16H19ClN4/c1-18-16(20-9-7-13-5-3-8-19-11-13)21-12-14-4-2-6-15(17)10-14/h2-6,8,10-11H,7,9,12H2,1H3,(H2,18,20,21). The fourth-order valence-corrected chi connectivity index (χ4v) is 2.14. The van der Waals surface area contributed by atoms with Crippen LogP contribution >= 0.6 is 11.6 Å². The molecule has 0 atom stereocenters. The molecule has 0 saturated heterocycles. The van der Waals surface area contributed by atoms with E-state index in [-0.39, 0.29) is 0 Å². The minimum Gasteiger partial charge on any atom is -0.356 e. The summed E-state index contributed by atoms with van der Waals surface area (Å²) in [5.74, 6) is 0.777. The summed E-state index contributed by atoms with van der Waals surface area (Å²) in [7, 11) is 1.76. The molecule has 1 aromatic heterocycles. The van der Waals surface area contributed by atoms with Crippen LogP contribution in [0.15, 0.2) is 53.8 Å². The Bertz CT molecular complexity index is 584. The van der Waals surface area contributed by atoms with Gasteiger partial charge in [0.1, 0.15) is 0 Å². The largest absolute Gasteiger partial charge is 0.356 e. The topological polar surface area (TPSA) is 49.3 Å². The predicted molar refractivity (Wildman–Crippen MR) is 87.6 cm³/mol. The van der Waals surface area contributed by atoms with E-state index < -0.39 is 0 Å². The van der Waals surface area contributed by atoms with Gasteiger partial charge in [-0.05, 0) is 35.7 Å². The molecule has 0 aliphatic carbocycles. The van der Waals surface area contributed by atoms with Gasteiger partial charge in [0.25, 0.3) is 0 Å². The molecule has 0 amide bonds. The van der Waals surface area contributed by atoms with E-state index in [0.717, 1.165) is 29.5 Å². The average Bonchev–Trinajstić information content (AvgIpc) is 2.52. The summed E-state index contributed by atoms with van der Waals surface area (Å²) in [6.45, 7) is 1.49. The highest BCUT2D eigenvalue weighted by Crippen LogP contribution is 2.10. The first-order valence-electron chi connectivity index (χ1n) is 6.86. The Balaban J connectivity index is 1.76. The normalized spacial score (nSPS) is 11.2. The van der Waals surface area contributed by atoms with Crippen LogP contribution in [0.4, 0.5) is 0 Å². The van der Waals surface area contributed by atoms with Gasteiger partial charge >= 0.3 is 0 Å². The Hall–Kier alpha value is -2.07. The lowest BCUT2D eigenvalue weighted by Gasteiger charge is -2.12. The monoisotopic (exact) mass is 302 g/mol. The van der Waals surface area contributed by atoms with Gasteiger partial charge in [-0.25, -0.2) is 0 Å². The quantitative estimate of drug-likeness (QED) is 0.659. The van der Waals surface area contributed by atoms with Gasteiger partial charge < -0.3 is 10.6 Å². The zero-order chi connectivity index (χ0) is 14.9. The van der Waals surface area contributed by atoms with E-state index >= 15 is 0 Å². The molecule has 0 aliphatic rings. The highest BCUT2D eigenvalue weighted by molar-refractivity contribution is 6.30. The zero-order valence-electron chi connectivity index (χ0n) is 12.0. The van der Waals surface area contributed by atoms with Gasteiger partial charge in [-0.2, -0.15) is 0 Å². The summed E-state index contributed by atoms with van der Waals surface area (Å²) in [4.78, 5) is 8.30. The molecule has 0 saturated carbocycles. The molecule has 110 valence electrons. The van der Waals surface area contributed by atoms with E-state index in [0.29, 0.717) is 6.54 Å². The Morgan fingerprint density at radius 2 is 2.05 bits per heavy atom. The third-order valence-electron chi connectivity index (χ3n) is 3.00. The lowest BCUT2D eigenvalue weighted by molar-refractivity contribution is 0.793. The number of hydrogen-bond acceptors (Lipinski definition) is 2. The van der Waals surface area contributed by atoms with E-state index in [9.17, 15) is 0 Å². The van der Waals surface area contributed by atoms with E-state index in [1.165, 1.54) is 5.56 Å². The number of nitrogens with one attached hydrogen (secondary N) is 2. The molecular weight excluding hydrogens is 284 g/mol. The molecule has 1 aromatic carbocycles. The fraction of sp³-hybridized carbons (Fsp3) is 0.250. The molecule has 4 nitrogen and oxygen atoms in total. The second-order valence-corrected chi connectivity index (χ2v) is 5.03. The van der Waals surface area contributed by atoms with Crippen LogP contribution in [0.25, 0.3) is 0 Å². The number of nitrogens with zero attached hydrogens (tertiary/aromatic N) is 2. The second kappa shape index (κ2) is 8.27. The number of guanidine groups is 1. The van der Waals surface area contributed by atoms with Crippen LogP contribution in [0.3, 0.4) is 0 Å². The van der Waals surface area contributed by atoms with Crippen LogP contribution in [0.5, 0.6) is 0 Å². The summed E-state index contributed by atoms with van der Waals surface area (Å²) < 4.78 is 0. The molecule has 1 heterocycles. The first-order valence-corrected chi connectivity index (χ1v) is 7.23. The molecule has 2 N–H and O–H groups in total. The third-order valence-corrected chi connectivity index (χ3v) is 3.24. The third kappa shape index (κ3) is 5.44. The molecule has 0 aliphatic heterocycles. The lowest BCUT2D eigenvalue weighted by Crippen LogP contribution is -2.37. The summed E-state index contributed by atoms with van der Waals surface area (Å²) >= 11 is 5.97. The van der Waals surface area contributed by atoms with Crippen molar-refractivity contribution < 1.29 is 0 Å². The first-order chi connectivity index (χ1) is 10.3. The summed E-state index contributed by atoms with van der Waals surface area (Å²) in [5, 5.41) is 7.29. The number of aromatic nitrogens is 1. The summed E-state index contributed by atoms with van der Waals surface area (Å²) in [6, 6.07) is 11.8. The molecule has 0 spiro atoms. The Labute approximate surface area is 130 Å². The maximum Gasteiger partial charge on any atom is 0.191 e. The molecule has 2 rings (SSSR count). The minimum absolute atomic E-state index is 0.688. The number of rotatable bonds is 5. The van der Waals surface area contributed by atoms with E-state index in [1.54, 1.807) is 13.2 Å². The number of aliphatic imine (C=N–C) groups is 1. The van der Waals surface area contributed by atoms with Crippen LogP contribution in [-0.4, -0.2) is 24.5 Å². The molecule has 0 bridgehead atoms. The van der Waals surface area contributed by atoms with Gasteiger partial charge in [-0.3, -0.25) is 9.98 Å². The van der Waals surface area contributed by atoms with Gasteiger partial charge in [0.05, 0.1) is 0 Å². The van der Waals surface area contributed by atoms with E-state index in [1.807, 2.05) is 36.5 Å². The molecular formula is C16H19ClN4. The van der Waals surface area contributed by atoms with Crippen LogP contribution in [-0.2, 0) is 13.0 Å². The van der Waals surface area contributed by atoms with Crippen LogP contribution in [0.2, 0.25) is 5.02 Å². The van der Waals surface area contributed by atoms with Crippen molar-refractivity contribution in [3.05, 3.63) is 64.9 Å². The molecule has 0 radical (unpaired) electrons. The van der Waals surface area contributed by atoms with Crippen LogP contribution in [0.1, 0.15) is 11.1 Å². The Kier molecular flexibility index (Phi) is 6.03. The van der Waals surface area contributed by atoms with Crippen molar-refractivity contribution in [2.24, 2.45) is 4.99 Å². The molecule has 5 heteroatoms.